The molecule has 0 saturated carbocycles. The van der Waals surface area contributed by atoms with Crippen LogP contribution in [0, 0.1) is 6.92 Å². The highest BCUT2D eigenvalue weighted by Crippen LogP contribution is 2.27. The molecule has 2 atom stereocenters. The Morgan fingerprint density at radius 3 is 2.20 bits per heavy atom. The van der Waals surface area contributed by atoms with E-state index in [0.717, 1.165) is 9.87 Å². The highest BCUT2D eigenvalue weighted by atomic mass is 35.5. The second-order valence-corrected chi connectivity index (χ2v) is 12.7. The highest BCUT2D eigenvalue weighted by molar-refractivity contribution is 7.92. The number of carbonyl (C=O) groups is 2. The van der Waals surface area contributed by atoms with Gasteiger partial charge in [-0.1, -0.05) is 59.9 Å². The predicted octanol–water partition coefficient (Wildman–Crippen LogP) is 6.48. The lowest BCUT2D eigenvalue weighted by molar-refractivity contribution is -0.139. The first kappa shape index (κ1) is 31.7. The van der Waals surface area contributed by atoms with Gasteiger partial charge in [0.15, 0.2) is 0 Å². The number of amides is 2. The summed E-state index contributed by atoms with van der Waals surface area (Å²) >= 11 is 18.3. The van der Waals surface area contributed by atoms with Crippen LogP contribution < -0.4 is 9.62 Å². The summed E-state index contributed by atoms with van der Waals surface area (Å²) in [6.07, 6.45) is 0.708. The maximum atomic E-state index is 14.0. The third kappa shape index (κ3) is 7.91. The maximum Gasteiger partial charge on any atom is 0.264 e. The number of hydrogen-bond donors (Lipinski definition) is 1. The van der Waals surface area contributed by atoms with E-state index in [2.05, 4.69) is 5.32 Å². The average Bonchev–Trinajstić information content (AvgIpc) is 2.91. The van der Waals surface area contributed by atoms with Crippen molar-refractivity contribution in [1.29, 1.82) is 0 Å². The van der Waals surface area contributed by atoms with Gasteiger partial charge in [-0.2, -0.15) is 0 Å². The first-order valence-electron chi connectivity index (χ1n) is 12.7. The van der Waals surface area contributed by atoms with E-state index >= 15 is 0 Å². The molecule has 3 rings (SSSR count). The van der Waals surface area contributed by atoms with Gasteiger partial charge in [0.1, 0.15) is 12.6 Å². The number of benzene rings is 3. The molecule has 0 aliphatic heterocycles. The van der Waals surface area contributed by atoms with Gasteiger partial charge in [0.25, 0.3) is 10.0 Å². The van der Waals surface area contributed by atoms with Crippen LogP contribution >= 0.6 is 34.8 Å². The SMILES string of the molecule is CC[C@@H](C)NC(=O)[C@H](C)N(Cc1ccc(Cl)c(Cl)c1)C(=O)CN(c1cccc(C)c1)S(=O)(=O)c1ccc(Cl)cc1. The van der Waals surface area contributed by atoms with E-state index in [1.165, 1.54) is 29.2 Å². The minimum absolute atomic E-state index is 0.00741. The van der Waals surface area contributed by atoms with Crippen molar-refractivity contribution >= 4 is 62.3 Å². The van der Waals surface area contributed by atoms with Gasteiger partial charge in [0, 0.05) is 17.6 Å². The fourth-order valence-corrected chi connectivity index (χ4v) is 5.78. The van der Waals surface area contributed by atoms with Crippen LogP contribution in [0.1, 0.15) is 38.3 Å². The lowest BCUT2D eigenvalue weighted by Crippen LogP contribution is -2.52. The molecule has 3 aromatic rings. The molecule has 0 unspecified atom stereocenters. The molecule has 0 spiro atoms. The molecule has 7 nitrogen and oxygen atoms in total. The second-order valence-electron chi connectivity index (χ2n) is 9.57. The Morgan fingerprint density at radius 2 is 1.60 bits per heavy atom. The fraction of sp³-hybridized carbons (Fsp3) is 0.310. The molecule has 40 heavy (non-hydrogen) atoms. The van der Waals surface area contributed by atoms with Crippen LogP contribution in [0.3, 0.4) is 0 Å². The van der Waals surface area contributed by atoms with E-state index in [1.807, 2.05) is 26.8 Å². The molecule has 11 heteroatoms. The molecule has 0 heterocycles. The zero-order valence-electron chi connectivity index (χ0n) is 22.7. The number of sulfonamides is 1. The van der Waals surface area contributed by atoms with Gasteiger partial charge >= 0.3 is 0 Å². The third-order valence-corrected chi connectivity index (χ3v) is 9.25. The van der Waals surface area contributed by atoms with Crippen LogP contribution in [0.15, 0.2) is 71.6 Å². The topological polar surface area (TPSA) is 86.8 Å². The first-order valence-corrected chi connectivity index (χ1v) is 15.3. The van der Waals surface area contributed by atoms with E-state index in [9.17, 15) is 18.0 Å². The zero-order chi connectivity index (χ0) is 29.6. The number of halogens is 3. The standard InChI is InChI=1S/C29H32Cl3N3O4S/c1-5-20(3)33-29(37)21(4)34(17-22-9-14-26(31)27(32)16-22)28(36)18-35(24-8-6-7-19(2)15-24)40(38,39)25-12-10-23(30)11-13-25/h6-16,20-21H,5,17-18H2,1-4H3,(H,33,37)/t20-,21+/m1/s1. The second kappa shape index (κ2) is 13.7. The van der Waals surface area contributed by atoms with Crippen molar-refractivity contribution in [3.8, 4) is 0 Å². The van der Waals surface area contributed by atoms with E-state index in [-0.39, 0.29) is 23.4 Å². The molecule has 0 aliphatic carbocycles. The van der Waals surface area contributed by atoms with Crippen molar-refractivity contribution < 1.29 is 18.0 Å². The first-order chi connectivity index (χ1) is 18.8. The number of aryl methyl sites for hydroxylation is 1. The van der Waals surface area contributed by atoms with Crippen LogP contribution in [0.5, 0.6) is 0 Å². The van der Waals surface area contributed by atoms with Crippen LogP contribution in [-0.4, -0.2) is 43.8 Å². The van der Waals surface area contributed by atoms with Crippen LogP contribution in [0.25, 0.3) is 0 Å². The van der Waals surface area contributed by atoms with E-state index in [0.29, 0.717) is 32.7 Å². The summed E-state index contributed by atoms with van der Waals surface area (Å²) in [7, 11) is -4.18. The summed E-state index contributed by atoms with van der Waals surface area (Å²) in [5.74, 6) is -0.928. The molecule has 0 fully saturated rings. The van der Waals surface area contributed by atoms with Gasteiger partial charge in [0.2, 0.25) is 11.8 Å². The van der Waals surface area contributed by atoms with Crippen molar-refractivity contribution in [2.75, 3.05) is 10.8 Å². The van der Waals surface area contributed by atoms with Gasteiger partial charge in [-0.25, -0.2) is 8.42 Å². The Hall–Kier alpha value is -2.78. The van der Waals surface area contributed by atoms with Crippen molar-refractivity contribution in [3.05, 3.63) is 92.9 Å². The lowest BCUT2D eigenvalue weighted by Gasteiger charge is -2.32. The monoisotopic (exact) mass is 623 g/mol. The Balaban J connectivity index is 2.04. The van der Waals surface area contributed by atoms with Crippen LogP contribution in [-0.2, 0) is 26.2 Å². The average molecular weight is 625 g/mol. The van der Waals surface area contributed by atoms with Gasteiger partial charge < -0.3 is 10.2 Å². The summed E-state index contributed by atoms with van der Waals surface area (Å²) in [4.78, 5) is 28.4. The summed E-state index contributed by atoms with van der Waals surface area (Å²) in [5, 5.41) is 3.93. The lowest BCUT2D eigenvalue weighted by atomic mass is 10.1. The summed E-state index contributed by atoms with van der Waals surface area (Å²) in [5.41, 5.74) is 1.76. The molecule has 0 aromatic heterocycles. The zero-order valence-corrected chi connectivity index (χ0v) is 25.8. The van der Waals surface area contributed by atoms with Crippen molar-refractivity contribution in [2.45, 2.75) is 57.6 Å². The Bertz CT molecular complexity index is 1470. The minimum atomic E-state index is -4.18. The summed E-state index contributed by atoms with van der Waals surface area (Å²) in [6.45, 7) is 6.71. The number of rotatable bonds is 11. The van der Waals surface area contributed by atoms with Crippen molar-refractivity contribution in [2.24, 2.45) is 0 Å². The van der Waals surface area contributed by atoms with Gasteiger partial charge in [-0.05, 0) is 86.8 Å². The normalized spacial score (nSPS) is 12.9. The molecule has 0 aliphatic rings. The molecular formula is C29H32Cl3N3O4S. The maximum absolute atomic E-state index is 14.0. The highest BCUT2D eigenvalue weighted by Gasteiger charge is 2.33. The quantitative estimate of drug-likeness (QED) is 0.265. The molecule has 3 aromatic carbocycles. The van der Waals surface area contributed by atoms with E-state index in [4.69, 9.17) is 34.8 Å². The number of anilines is 1. The summed E-state index contributed by atoms with van der Waals surface area (Å²) < 4.78 is 28.7. The molecule has 214 valence electrons. The van der Waals surface area contributed by atoms with Crippen LogP contribution in [0.2, 0.25) is 15.1 Å². The molecule has 0 saturated heterocycles. The Kier molecular flexibility index (Phi) is 10.9. The molecule has 0 radical (unpaired) electrons. The van der Waals surface area contributed by atoms with Gasteiger partial charge in [0.05, 0.1) is 20.6 Å². The van der Waals surface area contributed by atoms with Crippen molar-refractivity contribution in [1.82, 2.24) is 10.2 Å². The summed E-state index contributed by atoms with van der Waals surface area (Å²) in [6, 6.07) is 16.5. The smallest absolute Gasteiger partial charge is 0.264 e. The number of nitrogens with zero attached hydrogens (tertiary/aromatic N) is 2. The number of nitrogens with one attached hydrogen (secondary N) is 1. The Labute approximate surface area is 251 Å². The molecule has 1 N–H and O–H groups in total. The fourth-order valence-electron chi connectivity index (χ4n) is 3.93. The van der Waals surface area contributed by atoms with Gasteiger partial charge in [-0.3, -0.25) is 13.9 Å². The predicted molar refractivity (Wildman–Crippen MR) is 162 cm³/mol. The molecule has 2 amide bonds. The van der Waals surface area contributed by atoms with E-state index < -0.39 is 28.5 Å². The number of hydrogen-bond acceptors (Lipinski definition) is 4. The van der Waals surface area contributed by atoms with Crippen molar-refractivity contribution in [3.63, 3.8) is 0 Å². The third-order valence-electron chi connectivity index (χ3n) is 6.48. The van der Waals surface area contributed by atoms with Gasteiger partial charge in [-0.15, -0.1) is 0 Å². The molecular weight excluding hydrogens is 593 g/mol. The number of carbonyl (C=O) groups excluding carboxylic acids is 2. The largest absolute Gasteiger partial charge is 0.352 e. The van der Waals surface area contributed by atoms with Crippen LogP contribution in [0.4, 0.5) is 5.69 Å². The Morgan fingerprint density at radius 1 is 0.925 bits per heavy atom. The van der Waals surface area contributed by atoms with E-state index in [1.54, 1.807) is 43.3 Å². The minimum Gasteiger partial charge on any atom is -0.352 e. The molecule has 0 bridgehead atoms.